The monoisotopic (exact) mass is 302 g/mol. The summed E-state index contributed by atoms with van der Waals surface area (Å²) in [6, 6.07) is 7.55. The second kappa shape index (κ2) is 8.19. The smallest absolute Gasteiger partial charge is 0.323 e. The fourth-order valence-electron chi connectivity index (χ4n) is 2.08. The van der Waals surface area contributed by atoms with Gasteiger partial charge in [0.25, 0.3) is 0 Å². The summed E-state index contributed by atoms with van der Waals surface area (Å²) < 4.78 is 1.57. The summed E-state index contributed by atoms with van der Waals surface area (Å²) in [7, 11) is 0. The van der Waals surface area contributed by atoms with Crippen LogP contribution in [0.2, 0.25) is 0 Å². The number of hydrogen-bond acceptors (Lipinski definition) is 3. The van der Waals surface area contributed by atoms with Crippen LogP contribution in [-0.4, -0.2) is 27.5 Å². The molecular formula is C16H22N4O2. The lowest BCUT2D eigenvalue weighted by Gasteiger charge is -2.07. The summed E-state index contributed by atoms with van der Waals surface area (Å²) in [6.45, 7) is 2.59. The first kappa shape index (κ1) is 16.0. The molecule has 0 spiro atoms. The number of benzene rings is 1. The molecule has 6 nitrogen and oxygen atoms in total. The normalized spacial score (nSPS) is 10.5. The molecule has 22 heavy (non-hydrogen) atoms. The number of aliphatic hydroxyl groups excluding tert-OH is 1. The summed E-state index contributed by atoms with van der Waals surface area (Å²) in [6.07, 6.45) is 6.62. The molecule has 118 valence electrons. The Morgan fingerprint density at radius 1 is 1.23 bits per heavy atom. The van der Waals surface area contributed by atoms with E-state index in [1.54, 1.807) is 17.1 Å². The molecule has 1 aromatic carbocycles. The molecule has 0 bridgehead atoms. The third-order valence-corrected chi connectivity index (χ3v) is 3.25. The van der Waals surface area contributed by atoms with E-state index in [1.807, 2.05) is 24.3 Å². The van der Waals surface area contributed by atoms with Gasteiger partial charge in [-0.25, -0.2) is 4.79 Å². The molecular weight excluding hydrogens is 280 g/mol. The molecule has 0 radical (unpaired) electrons. The minimum Gasteiger partial charge on any atom is -0.394 e. The maximum Gasteiger partial charge on any atom is 0.323 e. The molecule has 0 fully saturated rings. The zero-order valence-electron chi connectivity index (χ0n) is 12.7. The number of unbranched alkanes of at least 4 members (excludes halogenated alkanes) is 1. The van der Waals surface area contributed by atoms with Gasteiger partial charge in [0.1, 0.15) is 0 Å². The van der Waals surface area contributed by atoms with E-state index in [1.165, 1.54) is 18.4 Å². The first-order chi connectivity index (χ1) is 10.7. The van der Waals surface area contributed by atoms with Crippen molar-refractivity contribution in [3.05, 3.63) is 42.2 Å². The first-order valence-electron chi connectivity index (χ1n) is 7.51. The number of hydrogen-bond donors (Lipinski definition) is 3. The van der Waals surface area contributed by atoms with Gasteiger partial charge in [-0.1, -0.05) is 25.5 Å². The number of carbonyl (C=O) groups excluding carboxylic acids is 1. The van der Waals surface area contributed by atoms with Crippen LogP contribution in [0.5, 0.6) is 0 Å². The lowest BCUT2D eigenvalue weighted by Crippen LogP contribution is -2.19. The molecule has 0 aliphatic heterocycles. The Morgan fingerprint density at radius 3 is 2.64 bits per heavy atom. The number of anilines is 2. The number of aliphatic hydroxyl groups is 1. The summed E-state index contributed by atoms with van der Waals surface area (Å²) in [4.78, 5) is 11.9. The van der Waals surface area contributed by atoms with Gasteiger partial charge >= 0.3 is 6.03 Å². The highest BCUT2D eigenvalue weighted by molar-refractivity contribution is 5.99. The predicted octanol–water partition coefficient (Wildman–Crippen LogP) is 2.86. The minimum atomic E-state index is -0.315. The quantitative estimate of drug-likeness (QED) is 0.736. The SMILES string of the molecule is CCCCc1ccc(NC(=O)Nc2cnn(CCO)c2)cc1. The highest BCUT2D eigenvalue weighted by atomic mass is 16.3. The van der Waals surface area contributed by atoms with Gasteiger partial charge in [0.05, 0.1) is 25.0 Å². The molecule has 2 aromatic rings. The second-order valence-electron chi connectivity index (χ2n) is 5.10. The van der Waals surface area contributed by atoms with Crippen LogP contribution in [0.1, 0.15) is 25.3 Å². The number of urea groups is 1. The maximum absolute atomic E-state index is 11.9. The topological polar surface area (TPSA) is 79.2 Å². The third-order valence-electron chi connectivity index (χ3n) is 3.25. The number of rotatable bonds is 7. The summed E-state index contributed by atoms with van der Waals surface area (Å²) in [5.41, 5.74) is 2.61. The standard InChI is InChI=1S/C16H22N4O2/c1-2-3-4-13-5-7-14(8-6-13)18-16(22)19-15-11-17-20(12-15)9-10-21/h5-8,11-12,21H,2-4,9-10H2,1H3,(H2,18,19,22). The zero-order valence-corrected chi connectivity index (χ0v) is 12.7. The van der Waals surface area contributed by atoms with Crippen LogP contribution in [0, 0.1) is 0 Å². The van der Waals surface area contributed by atoms with E-state index in [0.717, 1.165) is 12.1 Å². The van der Waals surface area contributed by atoms with Gasteiger partial charge in [0, 0.05) is 11.9 Å². The van der Waals surface area contributed by atoms with Gasteiger partial charge < -0.3 is 15.7 Å². The van der Waals surface area contributed by atoms with Gasteiger partial charge in [-0.15, -0.1) is 0 Å². The lowest BCUT2D eigenvalue weighted by atomic mass is 10.1. The molecule has 0 aliphatic rings. The summed E-state index contributed by atoms with van der Waals surface area (Å²) >= 11 is 0. The Labute approximate surface area is 130 Å². The zero-order chi connectivity index (χ0) is 15.8. The number of nitrogens with zero attached hydrogens (tertiary/aromatic N) is 2. The number of aromatic nitrogens is 2. The molecule has 1 aromatic heterocycles. The van der Waals surface area contributed by atoms with Gasteiger partial charge in [0.2, 0.25) is 0 Å². The highest BCUT2D eigenvalue weighted by Gasteiger charge is 2.05. The lowest BCUT2D eigenvalue weighted by molar-refractivity contribution is 0.262. The molecule has 3 N–H and O–H groups in total. The minimum absolute atomic E-state index is 0.0116. The van der Waals surface area contributed by atoms with Gasteiger partial charge in [-0.05, 0) is 30.5 Å². The predicted molar refractivity (Wildman–Crippen MR) is 87.0 cm³/mol. The van der Waals surface area contributed by atoms with Crippen molar-refractivity contribution >= 4 is 17.4 Å². The van der Waals surface area contributed by atoms with Crippen LogP contribution in [0.4, 0.5) is 16.2 Å². The van der Waals surface area contributed by atoms with Crippen molar-refractivity contribution in [3.63, 3.8) is 0 Å². The number of nitrogens with one attached hydrogen (secondary N) is 2. The Bertz CT molecular complexity index is 592. The van der Waals surface area contributed by atoms with Crippen molar-refractivity contribution in [1.82, 2.24) is 9.78 Å². The molecule has 0 saturated carbocycles. The van der Waals surface area contributed by atoms with E-state index in [-0.39, 0.29) is 12.6 Å². The first-order valence-corrected chi connectivity index (χ1v) is 7.51. The van der Waals surface area contributed by atoms with Crippen molar-refractivity contribution in [2.24, 2.45) is 0 Å². The van der Waals surface area contributed by atoms with Crippen LogP contribution < -0.4 is 10.6 Å². The number of carbonyl (C=O) groups is 1. The van der Waals surface area contributed by atoms with Crippen molar-refractivity contribution in [1.29, 1.82) is 0 Å². The van der Waals surface area contributed by atoms with Crippen molar-refractivity contribution in [2.45, 2.75) is 32.7 Å². The molecule has 0 aliphatic carbocycles. The largest absolute Gasteiger partial charge is 0.394 e. The average molecular weight is 302 g/mol. The number of aryl methyl sites for hydroxylation is 1. The van der Waals surface area contributed by atoms with Crippen LogP contribution >= 0.6 is 0 Å². The van der Waals surface area contributed by atoms with Crippen LogP contribution in [0.15, 0.2) is 36.7 Å². The summed E-state index contributed by atoms with van der Waals surface area (Å²) in [5.74, 6) is 0. The Balaban J connectivity index is 1.85. The van der Waals surface area contributed by atoms with Crippen molar-refractivity contribution in [2.75, 3.05) is 17.2 Å². The molecule has 6 heteroatoms. The third kappa shape index (κ3) is 4.89. The van der Waals surface area contributed by atoms with Gasteiger partial charge in [-0.2, -0.15) is 5.10 Å². The van der Waals surface area contributed by atoms with E-state index in [2.05, 4.69) is 22.7 Å². The van der Waals surface area contributed by atoms with Gasteiger partial charge in [-0.3, -0.25) is 4.68 Å². The van der Waals surface area contributed by atoms with E-state index in [0.29, 0.717) is 12.2 Å². The summed E-state index contributed by atoms with van der Waals surface area (Å²) in [5, 5.41) is 18.3. The maximum atomic E-state index is 11.9. The fraction of sp³-hybridized carbons (Fsp3) is 0.375. The fourth-order valence-corrected chi connectivity index (χ4v) is 2.08. The molecule has 1 heterocycles. The molecule has 0 atom stereocenters. The highest BCUT2D eigenvalue weighted by Crippen LogP contribution is 2.12. The molecule has 0 saturated heterocycles. The molecule has 0 unspecified atom stereocenters. The molecule has 2 rings (SSSR count). The Hall–Kier alpha value is -2.34. The van der Waals surface area contributed by atoms with Crippen LogP contribution in [0.25, 0.3) is 0 Å². The average Bonchev–Trinajstić information content (AvgIpc) is 2.94. The Kier molecular flexibility index (Phi) is 5.97. The van der Waals surface area contributed by atoms with E-state index in [9.17, 15) is 4.79 Å². The van der Waals surface area contributed by atoms with E-state index in [4.69, 9.17) is 5.11 Å². The molecule has 2 amide bonds. The number of amides is 2. The van der Waals surface area contributed by atoms with Crippen LogP contribution in [0.3, 0.4) is 0 Å². The van der Waals surface area contributed by atoms with Crippen molar-refractivity contribution < 1.29 is 9.90 Å². The van der Waals surface area contributed by atoms with Crippen LogP contribution in [-0.2, 0) is 13.0 Å². The second-order valence-corrected chi connectivity index (χ2v) is 5.10. The van der Waals surface area contributed by atoms with E-state index < -0.39 is 0 Å². The van der Waals surface area contributed by atoms with E-state index >= 15 is 0 Å². The Morgan fingerprint density at radius 2 is 1.95 bits per heavy atom. The van der Waals surface area contributed by atoms with Crippen molar-refractivity contribution in [3.8, 4) is 0 Å². The van der Waals surface area contributed by atoms with Gasteiger partial charge in [0.15, 0.2) is 0 Å².